The fraction of sp³-hybridized carbons (Fsp3) is 0.429. The van der Waals surface area contributed by atoms with Crippen molar-refractivity contribution in [1.29, 1.82) is 0 Å². The van der Waals surface area contributed by atoms with E-state index in [1.807, 2.05) is 0 Å². The summed E-state index contributed by atoms with van der Waals surface area (Å²) >= 11 is 0. The zero-order valence-electron chi connectivity index (χ0n) is 11.5. The van der Waals surface area contributed by atoms with Gasteiger partial charge in [-0.1, -0.05) is 0 Å². The highest BCUT2D eigenvalue weighted by atomic mass is 16.5. The van der Waals surface area contributed by atoms with Crippen LogP contribution in [0.1, 0.15) is 38.5 Å². The van der Waals surface area contributed by atoms with E-state index in [4.69, 9.17) is 9.84 Å². The summed E-state index contributed by atoms with van der Waals surface area (Å²) < 4.78 is 6.55. The van der Waals surface area contributed by atoms with Crippen LogP contribution in [-0.4, -0.2) is 40.1 Å². The lowest BCUT2D eigenvalue weighted by Gasteiger charge is -2.12. The van der Waals surface area contributed by atoms with Crippen LogP contribution in [0.5, 0.6) is 0 Å². The van der Waals surface area contributed by atoms with E-state index >= 15 is 0 Å². The highest BCUT2D eigenvalue weighted by Gasteiger charge is 2.34. The molecule has 6 heteroatoms. The molecule has 6 nitrogen and oxygen atoms in total. The molecule has 0 fully saturated rings. The molecule has 1 aliphatic carbocycles. The van der Waals surface area contributed by atoms with Crippen LogP contribution < -0.4 is 0 Å². The SMILES string of the molecule is COC1=CC(=O)c2c(c(CO)c(CCCO)n2C)C1=O. The molecule has 0 radical (unpaired) electrons. The van der Waals surface area contributed by atoms with Gasteiger partial charge in [0.25, 0.3) is 0 Å². The molecule has 0 bridgehead atoms. The van der Waals surface area contributed by atoms with Gasteiger partial charge in [-0.15, -0.1) is 0 Å². The Kier molecular flexibility index (Phi) is 4.06. The van der Waals surface area contributed by atoms with Gasteiger partial charge in [0.1, 0.15) is 5.69 Å². The number of carbonyl (C=O) groups excluding carboxylic acids is 2. The third-order valence-corrected chi connectivity index (χ3v) is 3.52. The second-order valence-electron chi connectivity index (χ2n) is 4.60. The predicted octanol–water partition coefficient (Wildman–Crippen LogP) is 0.352. The van der Waals surface area contributed by atoms with E-state index in [0.29, 0.717) is 24.1 Å². The summed E-state index contributed by atoms with van der Waals surface area (Å²) in [5, 5.41) is 18.5. The quantitative estimate of drug-likeness (QED) is 0.812. The molecular weight excluding hydrogens is 262 g/mol. The number of hydrogen-bond acceptors (Lipinski definition) is 5. The monoisotopic (exact) mass is 279 g/mol. The largest absolute Gasteiger partial charge is 0.492 e. The minimum atomic E-state index is -0.392. The summed E-state index contributed by atoms with van der Waals surface area (Å²) in [6.45, 7) is -0.329. The molecule has 1 aliphatic rings. The van der Waals surface area contributed by atoms with Gasteiger partial charge in [0.2, 0.25) is 11.6 Å². The molecule has 1 heterocycles. The van der Waals surface area contributed by atoms with Gasteiger partial charge in [-0.2, -0.15) is 0 Å². The van der Waals surface area contributed by atoms with Gasteiger partial charge < -0.3 is 19.5 Å². The van der Waals surface area contributed by atoms with Crippen LogP contribution in [0.15, 0.2) is 11.8 Å². The lowest BCUT2D eigenvalue weighted by molar-refractivity contribution is 0.0911. The van der Waals surface area contributed by atoms with E-state index in [0.717, 1.165) is 0 Å². The molecule has 0 saturated carbocycles. The molecule has 20 heavy (non-hydrogen) atoms. The Labute approximate surface area is 116 Å². The van der Waals surface area contributed by atoms with E-state index in [1.165, 1.54) is 13.2 Å². The van der Waals surface area contributed by atoms with Crippen LogP contribution in [0.2, 0.25) is 0 Å². The molecule has 0 aromatic carbocycles. The van der Waals surface area contributed by atoms with Crippen LogP contribution in [0.4, 0.5) is 0 Å². The number of fused-ring (bicyclic) bond motifs is 1. The van der Waals surface area contributed by atoms with Crippen molar-refractivity contribution >= 4 is 11.6 Å². The van der Waals surface area contributed by atoms with Crippen LogP contribution in [-0.2, 0) is 24.8 Å². The van der Waals surface area contributed by atoms with Crippen molar-refractivity contribution in [3.63, 3.8) is 0 Å². The number of aliphatic hydroxyl groups is 2. The molecule has 0 amide bonds. The third kappa shape index (κ3) is 2.07. The van der Waals surface area contributed by atoms with Gasteiger partial charge in [-0.05, 0) is 12.8 Å². The van der Waals surface area contributed by atoms with Crippen molar-refractivity contribution in [2.24, 2.45) is 7.05 Å². The Morgan fingerprint density at radius 3 is 2.55 bits per heavy atom. The molecule has 1 aromatic rings. The number of rotatable bonds is 5. The highest BCUT2D eigenvalue weighted by molar-refractivity contribution is 6.24. The van der Waals surface area contributed by atoms with E-state index in [9.17, 15) is 14.7 Å². The van der Waals surface area contributed by atoms with E-state index < -0.39 is 5.78 Å². The maximum atomic E-state index is 12.3. The van der Waals surface area contributed by atoms with Crippen LogP contribution >= 0.6 is 0 Å². The Morgan fingerprint density at radius 1 is 1.30 bits per heavy atom. The number of aliphatic hydroxyl groups excluding tert-OH is 2. The molecule has 0 aliphatic heterocycles. The molecule has 0 spiro atoms. The lowest BCUT2D eigenvalue weighted by Crippen LogP contribution is -2.20. The molecule has 2 rings (SSSR count). The average molecular weight is 279 g/mol. The standard InChI is InChI=1S/C14H17NO5/c1-15-9(4-3-5-16)8(7-17)12-13(15)10(18)6-11(20-2)14(12)19/h6,16-17H,3-5,7H2,1-2H3. The zero-order valence-corrected chi connectivity index (χ0v) is 11.5. The number of methoxy groups -OCH3 is 1. The van der Waals surface area contributed by atoms with Crippen molar-refractivity contribution in [1.82, 2.24) is 4.57 Å². The summed E-state index contributed by atoms with van der Waals surface area (Å²) in [5.74, 6) is -0.725. The first-order chi connectivity index (χ1) is 9.56. The zero-order chi connectivity index (χ0) is 14.9. The molecule has 0 atom stereocenters. The number of carbonyl (C=O) groups is 2. The van der Waals surface area contributed by atoms with Gasteiger partial charge in [-0.3, -0.25) is 9.59 Å². The van der Waals surface area contributed by atoms with Crippen molar-refractivity contribution in [3.8, 4) is 0 Å². The summed E-state index contributed by atoms with van der Waals surface area (Å²) in [4.78, 5) is 24.4. The lowest BCUT2D eigenvalue weighted by atomic mass is 9.96. The number of ketones is 2. The molecule has 108 valence electrons. The van der Waals surface area contributed by atoms with E-state index in [1.54, 1.807) is 11.6 Å². The Balaban J connectivity index is 2.62. The smallest absolute Gasteiger partial charge is 0.230 e. The van der Waals surface area contributed by atoms with Crippen molar-refractivity contribution < 1.29 is 24.5 Å². The van der Waals surface area contributed by atoms with Gasteiger partial charge in [0.05, 0.1) is 19.3 Å². The third-order valence-electron chi connectivity index (χ3n) is 3.52. The minimum Gasteiger partial charge on any atom is -0.492 e. The van der Waals surface area contributed by atoms with Crippen molar-refractivity contribution in [2.45, 2.75) is 19.4 Å². The maximum Gasteiger partial charge on any atom is 0.230 e. The summed E-state index contributed by atoms with van der Waals surface area (Å²) in [7, 11) is 3.01. The number of Topliss-reactive ketones (excluding diaryl/α,β-unsaturated/α-hetero) is 1. The number of hydrogen-bond donors (Lipinski definition) is 2. The first-order valence-electron chi connectivity index (χ1n) is 6.33. The number of allylic oxidation sites excluding steroid dienone is 2. The first-order valence-corrected chi connectivity index (χ1v) is 6.33. The number of ether oxygens (including phenoxy) is 1. The topological polar surface area (TPSA) is 88.8 Å². The summed E-state index contributed by atoms with van der Waals surface area (Å²) in [6, 6.07) is 0. The maximum absolute atomic E-state index is 12.3. The fourth-order valence-corrected chi connectivity index (χ4v) is 2.59. The predicted molar refractivity (Wildman–Crippen MR) is 70.5 cm³/mol. The fourth-order valence-electron chi connectivity index (χ4n) is 2.59. The van der Waals surface area contributed by atoms with E-state index in [2.05, 4.69) is 0 Å². The second kappa shape index (κ2) is 5.60. The molecule has 2 N–H and O–H groups in total. The van der Waals surface area contributed by atoms with Gasteiger partial charge >= 0.3 is 0 Å². The summed E-state index contributed by atoms with van der Waals surface area (Å²) in [6.07, 6.45) is 2.15. The second-order valence-corrected chi connectivity index (χ2v) is 4.60. The Morgan fingerprint density at radius 2 is 2.00 bits per heavy atom. The Hall–Kier alpha value is -1.92. The number of nitrogens with zero attached hydrogens (tertiary/aromatic N) is 1. The van der Waals surface area contributed by atoms with Gasteiger partial charge in [0, 0.05) is 31.0 Å². The van der Waals surface area contributed by atoms with Crippen molar-refractivity contribution in [3.05, 3.63) is 34.3 Å². The van der Waals surface area contributed by atoms with Gasteiger partial charge in [-0.25, -0.2) is 0 Å². The average Bonchev–Trinajstić information content (AvgIpc) is 2.73. The normalized spacial score (nSPS) is 14.3. The van der Waals surface area contributed by atoms with Crippen molar-refractivity contribution in [2.75, 3.05) is 13.7 Å². The Bertz CT molecular complexity index is 597. The first kappa shape index (κ1) is 14.5. The van der Waals surface area contributed by atoms with E-state index in [-0.39, 0.29) is 36.0 Å². The molecular formula is C14H17NO5. The van der Waals surface area contributed by atoms with Crippen LogP contribution in [0, 0.1) is 0 Å². The summed E-state index contributed by atoms with van der Waals surface area (Å²) in [5.41, 5.74) is 1.62. The molecule has 1 aromatic heterocycles. The molecule has 0 unspecified atom stereocenters. The van der Waals surface area contributed by atoms with Crippen LogP contribution in [0.3, 0.4) is 0 Å². The van der Waals surface area contributed by atoms with Crippen LogP contribution in [0.25, 0.3) is 0 Å². The number of aromatic nitrogens is 1. The highest BCUT2D eigenvalue weighted by Crippen LogP contribution is 2.30. The minimum absolute atomic E-state index is 0.00415. The van der Waals surface area contributed by atoms with Gasteiger partial charge in [0.15, 0.2) is 5.76 Å². The molecule has 0 saturated heterocycles.